The summed E-state index contributed by atoms with van der Waals surface area (Å²) in [5.74, 6) is -0.537. The van der Waals surface area contributed by atoms with E-state index in [0.29, 0.717) is 11.3 Å². The van der Waals surface area contributed by atoms with E-state index in [9.17, 15) is 18.7 Å². The van der Waals surface area contributed by atoms with Gasteiger partial charge in [0.05, 0.1) is 11.6 Å². The highest BCUT2D eigenvalue weighted by Crippen LogP contribution is 2.35. The molecule has 0 aliphatic heterocycles. The molecule has 1 aromatic heterocycles. The molecule has 1 aromatic carbocycles. The second kappa shape index (κ2) is 9.27. The molecule has 1 N–H and O–H groups in total. The second-order valence-electron chi connectivity index (χ2n) is 8.72. The average molecular weight is 449 g/mol. The predicted molar refractivity (Wildman–Crippen MR) is 120 cm³/mol. The van der Waals surface area contributed by atoms with Crippen molar-refractivity contribution < 1.29 is 13.4 Å². The van der Waals surface area contributed by atoms with Gasteiger partial charge in [-0.15, -0.1) is 10.6 Å². The molecular weight excluding hydrogens is 421 g/mol. The van der Waals surface area contributed by atoms with Crippen LogP contribution >= 0.6 is 11.3 Å². The maximum Gasteiger partial charge on any atom is 0.322 e. The normalized spacial score (nSPS) is 13.0. The van der Waals surface area contributed by atoms with E-state index in [-0.39, 0.29) is 21.5 Å². The van der Waals surface area contributed by atoms with E-state index in [4.69, 9.17) is 0 Å². The Balaban J connectivity index is 2.44. The number of amides is 2. The molecule has 0 bridgehead atoms. The zero-order valence-electron chi connectivity index (χ0n) is 18.3. The van der Waals surface area contributed by atoms with E-state index in [1.165, 1.54) is 6.07 Å². The first-order valence-electron chi connectivity index (χ1n) is 9.67. The highest BCUT2D eigenvalue weighted by Gasteiger charge is 2.19. The summed E-state index contributed by atoms with van der Waals surface area (Å²) in [6.07, 6.45) is 0. The Bertz CT molecular complexity index is 1050. The van der Waals surface area contributed by atoms with Gasteiger partial charge in [-0.1, -0.05) is 48.5 Å². The topological polar surface area (TPSA) is 82.3 Å². The molecule has 1 heterocycles. The van der Waals surface area contributed by atoms with Crippen LogP contribution in [-0.2, 0) is 20.2 Å². The van der Waals surface area contributed by atoms with Crippen molar-refractivity contribution >= 4 is 33.7 Å². The summed E-state index contributed by atoms with van der Waals surface area (Å²) in [4.78, 5) is 13.3. The van der Waals surface area contributed by atoms with Crippen LogP contribution in [0.15, 0.2) is 26.8 Å². The molecule has 0 aliphatic rings. The van der Waals surface area contributed by atoms with Gasteiger partial charge in [0.2, 0.25) is 0 Å². The van der Waals surface area contributed by atoms with Crippen molar-refractivity contribution in [3.8, 4) is 6.07 Å². The monoisotopic (exact) mass is 448 g/mol. The molecule has 30 heavy (non-hydrogen) atoms. The predicted octanol–water partition coefficient (Wildman–Crippen LogP) is 7.04. The van der Waals surface area contributed by atoms with Crippen LogP contribution in [0.3, 0.4) is 0 Å². The number of carbonyl (C=O) groups is 1. The van der Waals surface area contributed by atoms with Crippen molar-refractivity contribution in [1.82, 2.24) is 0 Å². The van der Waals surface area contributed by atoms with E-state index in [2.05, 4.69) is 15.7 Å². The zero-order valence-corrected chi connectivity index (χ0v) is 19.9. The first kappa shape index (κ1) is 24.0. The molecular formula is C22H27FN3O2S2-. The first-order valence-corrected chi connectivity index (χ1v) is 11.6. The number of hydrogen-bond donors (Lipinski definition) is 1. The minimum atomic E-state index is -2.15. The Labute approximate surface area is 183 Å². The third kappa shape index (κ3) is 5.46. The molecule has 0 atom stereocenters. The van der Waals surface area contributed by atoms with Crippen LogP contribution in [-0.4, -0.2) is 6.03 Å². The molecule has 2 rings (SSSR count). The maximum absolute atomic E-state index is 14.3. The molecule has 5 nitrogen and oxygen atoms in total. The number of carbonyl (C=O) groups excluding carboxylic acids is 1. The standard InChI is InChI=1S/C22H27FN3O2S2/c1-12(2)15-8-14(11-24)9-16(13(3)4)19(15)25-21(27)26-30(28)20-17(23)10-18(29-20)22(5,6)7/h8-10,12-13H,1-7H3,(H,25,27)/q-1. The summed E-state index contributed by atoms with van der Waals surface area (Å²) < 4.78 is 30.4. The number of nitrogens with one attached hydrogen (secondary N) is 1. The van der Waals surface area contributed by atoms with Crippen molar-refractivity contribution in [2.24, 2.45) is 4.36 Å². The van der Waals surface area contributed by atoms with E-state index in [1.54, 1.807) is 12.1 Å². The number of hydrogen-bond acceptors (Lipinski definition) is 5. The molecule has 0 spiro atoms. The summed E-state index contributed by atoms with van der Waals surface area (Å²) in [6.45, 7) is 13.6. The molecule has 162 valence electrons. The number of nitriles is 1. The number of thiophene rings is 1. The van der Waals surface area contributed by atoms with Gasteiger partial charge in [0.15, 0.2) is 0 Å². The minimum absolute atomic E-state index is 0.0423. The van der Waals surface area contributed by atoms with Crippen molar-refractivity contribution in [2.75, 3.05) is 5.32 Å². The molecule has 0 fully saturated rings. The fraction of sp³-hybridized carbons (Fsp3) is 0.455. The first-order chi connectivity index (χ1) is 13.8. The van der Waals surface area contributed by atoms with Crippen molar-refractivity contribution in [2.45, 2.75) is 69.9 Å². The van der Waals surface area contributed by atoms with Crippen LogP contribution < -0.4 is 5.32 Å². The van der Waals surface area contributed by atoms with E-state index >= 15 is 0 Å². The van der Waals surface area contributed by atoms with Gasteiger partial charge in [-0.2, -0.15) is 16.6 Å². The fourth-order valence-electron chi connectivity index (χ4n) is 2.89. The number of rotatable bonds is 4. The molecule has 0 radical (unpaired) electrons. The lowest BCUT2D eigenvalue weighted by Gasteiger charge is -2.20. The second-order valence-corrected chi connectivity index (χ2v) is 11.1. The number of benzene rings is 1. The van der Waals surface area contributed by atoms with Crippen LogP contribution in [0, 0.1) is 17.1 Å². The summed E-state index contributed by atoms with van der Waals surface area (Å²) in [5.41, 5.74) is 2.37. The van der Waals surface area contributed by atoms with Crippen LogP contribution in [0.4, 0.5) is 14.9 Å². The van der Waals surface area contributed by atoms with Crippen molar-refractivity contribution in [3.05, 3.63) is 45.6 Å². The van der Waals surface area contributed by atoms with Gasteiger partial charge in [0.25, 0.3) is 0 Å². The molecule has 2 amide bonds. The third-order valence-electron chi connectivity index (χ3n) is 4.52. The van der Waals surface area contributed by atoms with Crippen LogP contribution in [0.5, 0.6) is 0 Å². The summed E-state index contributed by atoms with van der Waals surface area (Å²) in [7, 11) is -2.15. The smallest absolute Gasteiger partial charge is 0.322 e. The Morgan fingerprint density at radius 3 is 2.10 bits per heavy atom. The highest BCUT2D eigenvalue weighted by atomic mass is 32.2. The van der Waals surface area contributed by atoms with Gasteiger partial charge >= 0.3 is 6.03 Å². The summed E-state index contributed by atoms with van der Waals surface area (Å²) in [6, 6.07) is 6.15. The lowest BCUT2D eigenvalue weighted by molar-refractivity contribution is 0.260. The Morgan fingerprint density at radius 1 is 1.17 bits per heavy atom. The zero-order chi connectivity index (χ0) is 22.8. The van der Waals surface area contributed by atoms with Gasteiger partial charge in [-0.05, 0) is 50.8 Å². The Morgan fingerprint density at radius 2 is 1.70 bits per heavy atom. The largest absolute Gasteiger partial charge is 0.439 e. The van der Waals surface area contributed by atoms with Gasteiger partial charge in [0.1, 0.15) is 5.82 Å². The maximum atomic E-state index is 14.3. The molecule has 2 aromatic rings. The van der Waals surface area contributed by atoms with Gasteiger partial charge in [-0.25, -0.2) is 9.18 Å². The summed E-state index contributed by atoms with van der Waals surface area (Å²) >= 11 is 1.06. The van der Waals surface area contributed by atoms with Crippen molar-refractivity contribution in [1.29, 1.82) is 5.26 Å². The molecule has 0 unspecified atom stereocenters. The highest BCUT2D eigenvalue weighted by molar-refractivity contribution is 7.78. The van der Waals surface area contributed by atoms with E-state index < -0.39 is 22.4 Å². The Kier molecular flexibility index (Phi) is 7.43. The van der Waals surface area contributed by atoms with Gasteiger partial charge in [-0.3, -0.25) is 0 Å². The molecule has 0 saturated heterocycles. The van der Waals surface area contributed by atoms with Crippen LogP contribution in [0.1, 0.15) is 81.9 Å². The molecule has 0 aliphatic carbocycles. The fourth-order valence-corrected chi connectivity index (χ4v) is 4.89. The average Bonchev–Trinajstić information content (AvgIpc) is 3.03. The lowest BCUT2D eigenvalue weighted by atomic mass is 9.90. The third-order valence-corrected chi connectivity index (χ3v) is 7.38. The number of anilines is 1. The van der Waals surface area contributed by atoms with Gasteiger partial charge < -0.3 is 13.9 Å². The van der Waals surface area contributed by atoms with Crippen molar-refractivity contribution in [3.63, 3.8) is 0 Å². The number of nitrogens with zero attached hydrogens (tertiary/aromatic N) is 2. The van der Waals surface area contributed by atoms with E-state index in [0.717, 1.165) is 27.3 Å². The molecule has 0 saturated carbocycles. The SMILES string of the molecule is CC(C)c1cc(C#N)cc(C(C)C)c1NC(=O)N=[S-](=O)c1sc(C(C)(C)C)cc1F. The quantitative estimate of drug-likeness (QED) is 0.509. The minimum Gasteiger partial charge on any atom is -0.439 e. The van der Waals surface area contributed by atoms with E-state index in [1.807, 2.05) is 48.5 Å². The number of urea groups is 1. The number of halogens is 1. The molecule has 8 heteroatoms. The Hall–Kier alpha value is -2.24. The summed E-state index contributed by atoms with van der Waals surface area (Å²) in [5, 5.41) is 12.0. The van der Waals surface area contributed by atoms with Gasteiger partial charge in [0, 0.05) is 10.6 Å². The van der Waals surface area contributed by atoms with Crippen LogP contribution in [0.2, 0.25) is 0 Å². The lowest BCUT2D eigenvalue weighted by Crippen LogP contribution is -2.13. The van der Waals surface area contributed by atoms with Crippen LogP contribution in [0.25, 0.3) is 0 Å².